The summed E-state index contributed by atoms with van der Waals surface area (Å²) >= 11 is 0. The molecule has 1 aromatic carbocycles. The Morgan fingerprint density at radius 1 is 1.12 bits per heavy atom. The SMILES string of the molecule is c1ccc2c(c1)[nH]c1cnc3c(c12)CCN3. The molecule has 2 aromatic heterocycles. The summed E-state index contributed by atoms with van der Waals surface area (Å²) in [5.41, 5.74) is 3.69. The number of benzene rings is 1. The van der Waals surface area contributed by atoms with E-state index in [-0.39, 0.29) is 0 Å². The van der Waals surface area contributed by atoms with Crippen LogP contribution in [0.4, 0.5) is 5.82 Å². The van der Waals surface area contributed by atoms with Gasteiger partial charge in [0.15, 0.2) is 0 Å². The monoisotopic (exact) mass is 209 g/mol. The smallest absolute Gasteiger partial charge is 0.129 e. The molecule has 0 bridgehead atoms. The molecule has 0 spiro atoms. The van der Waals surface area contributed by atoms with Crippen LogP contribution >= 0.6 is 0 Å². The number of nitrogens with one attached hydrogen (secondary N) is 2. The Morgan fingerprint density at radius 2 is 2.06 bits per heavy atom. The third kappa shape index (κ3) is 0.902. The van der Waals surface area contributed by atoms with Crippen LogP contribution < -0.4 is 5.32 Å². The summed E-state index contributed by atoms with van der Waals surface area (Å²) in [5.74, 6) is 1.05. The van der Waals surface area contributed by atoms with Crippen molar-refractivity contribution in [1.82, 2.24) is 9.97 Å². The molecule has 0 saturated heterocycles. The summed E-state index contributed by atoms with van der Waals surface area (Å²) in [6.45, 7) is 1.00. The maximum absolute atomic E-state index is 4.44. The van der Waals surface area contributed by atoms with Crippen LogP contribution in [0.5, 0.6) is 0 Å². The van der Waals surface area contributed by atoms with Crippen molar-refractivity contribution < 1.29 is 0 Å². The first-order valence-electron chi connectivity index (χ1n) is 5.55. The second-order valence-corrected chi connectivity index (χ2v) is 4.22. The van der Waals surface area contributed by atoms with E-state index in [4.69, 9.17) is 0 Å². The molecule has 1 aliphatic heterocycles. The highest BCUT2D eigenvalue weighted by Gasteiger charge is 2.17. The van der Waals surface area contributed by atoms with E-state index in [1.165, 1.54) is 21.9 Å². The maximum Gasteiger partial charge on any atom is 0.129 e. The highest BCUT2D eigenvalue weighted by atomic mass is 15.0. The second kappa shape index (κ2) is 2.76. The molecule has 0 fully saturated rings. The van der Waals surface area contributed by atoms with Crippen LogP contribution in [0, 0.1) is 0 Å². The second-order valence-electron chi connectivity index (χ2n) is 4.22. The van der Waals surface area contributed by atoms with Gasteiger partial charge in [-0.25, -0.2) is 4.98 Å². The molecule has 16 heavy (non-hydrogen) atoms. The molecular weight excluding hydrogens is 198 g/mol. The van der Waals surface area contributed by atoms with E-state index in [0.29, 0.717) is 0 Å². The van der Waals surface area contributed by atoms with E-state index in [1.54, 1.807) is 0 Å². The summed E-state index contributed by atoms with van der Waals surface area (Å²) in [6.07, 6.45) is 2.99. The molecule has 4 rings (SSSR count). The largest absolute Gasteiger partial charge is 0.369 e. The van der Waals surface area contributed by atoms with Crippen LogP contribution in [-0.2, 0) is 6.42 Å². The summed E-state index contributed by atoms with van der Waals surface area (Å²) in [6, 6.07) is 8.44. The maximum atomic E-state index is 4.44. The Labute approximate surface area is 92.5 Å². The number of H-pyrrole nitrogens is 1. The minimum Gasteiger partial charge on any atom is -0.369 e. The van der Waals surface area contributed by atoms with Crippen molar-refractivity contribution >= 4 is 27.6 Å². The van der Waals surface area contributed by atoms with Gasteiger partial charge in [0, 0.05) is 28.4 Å². The fraction of sp³-hybridized carbons (Fsp3) is 0.154. The first kappa shape index (κ1) is 8.16. The Hall–Kier alpha value is -2.03. The van der Waals surface area contributed by atoms with E-state index >= 15 is 0 Å². The fourth-order valence-corrected chi connectivity index (χ4v) is 2.61. The third-order valence-electron chi connectivity index (χ3n) is 3.31. The van der Waals surface area contributed by atoms with Crippen LogP contribution in [0.25, 0.3) is 21.8 Å². The lowest BCUT2D eigenvalue weighted by Crippen LogP contribution is -1.92. The van der Waals surface area contributed by atoms with Gasteiger partial charge in [-0.3, -0.25) is 0 Å². The van der Waals surface area contributed by atoms with Crippen molar-refractivity contribution in [3.05, 3.63) is 36.0 Å². The number of aromatic amines is 1. The molecule has 3 heterocycles. The van der Waals surface area contributed by atoms with E-state index in [1.807, 2.05) is 6.20 Å². The number of anilines is 1. The lowest BCUT2D eigenvalue weighted by atomic mass is 10.1. The van der Waals surface area contributed by atoms with Crippen molar-refractivity contribution in [2.75, 3.05) is 11.9 Å². The van der Waals surface area contributed by atoms with Gasteiger partial charge in [-0.2, -0.15) is 0 Å². The molecule has 3 aromatic rings. The van der Waals surface area contributed by atoms with Gasteiger partial charge in [-0.05, 0) is 12.5 Å². The zero-order valence-electron chi connectivity index (χ0n) is 8.75. The van der Waals surface area contributed by atoms with Crippen LogP contribution in [0.1, 0.15) is 5.56 Å². The number of fused-ring (bicyclic) bond motifs is 5. The van der Waals surface area contributed by atoms with Crippen molar-refractivity contribution in [1.29, 1.82) is 0 Å². The minimum atomic E-state index is 1.00. The number of rotatable bonds is 0. The van der Waals surface area contributed by atoms with Gasteiger partial charge in [0.25, 0.3) is 0 Å². The molecule has 2 N–H and O–H groups in total. The molecule has 0 aliphatic carbocycles. The standard InChI is InChI=1S/C13H11N3/c1-2-4-10-8(3-1)12-9-5-6-14-13(9)15-7-11(12)16-10/h1-4,7,16H,5-6H2,(H,14,15). The molecule has 0 atom stereocenters. The number of pyridine rings is 1. The molecule has 0 radical (unpaired) electrons. The summed E-state index contributed by atoms with van der Waals surface area (Å²) in [7, 11) is 0. The topological polar surface area (TPSA) is 40.7 Å². The van der Waals surface area contributed by atoms with Gasteiger partial charge < -0.3 is 10.3 Å². The first-order chi connectivity index (χ1) is 7.93. The first-order valence-corrected chi connectivity index (χ1v) is 5.55. The van der Waals surface area contributed by atoms with E-state index in [9.17, 15) is 0 Å². The quantitative estimate of drug-likeness (QED) is 0.597. The van der Waals surface area contributed by atoms with Crippen molar-refractivity contribution in [2.24, 2.45) is 0 Å². The van der Waals surface area contributed by atoms with Gasteiger partial charge >= 0.3 is 0 Å². The van der Waals surface area contributed by atoms with Gasteiger partial charge in [0.05, 0.1) is 11.7 Å². The highest BCUT2D eigenvalue weighted by Crippen LogP contribution is 2.33. The predicted molar refractivity (Wildman–Crippen MR) is 65.8 cm³/mol. The summed E-state index contributed by atoms with van der Waals surface area (Å²) in [5, 5.41) is 5.97. The van der Waals surface area contributed by atoms with Crippen LogP contribution in [-0.4, -0.2) is 16.5 Å². The van der Waals surface area contributed by atoms with Crippen LogP contribution in [0.15, 0.2) is 30.5 Å². The summed E-state index contributed by atoms with van der Waals surface area (Å²) in [4.78, 5) is 7.86. The molecule has 1 aliphatic rings. The van der Waals surface area contributed by atoms with E-state index < -0.39 is 0 Å². The number of nitrogens with zero attached hydrogens (tertiary/aromatic N) is 1. The molecule has 0 saturated carbocycles. The molecule has 78 valence electrons. The molecule has 0 unspecified atom stereocenters. The lowest BCUT2D eigenvalue weighted by molar-refractivity contribution is 1.11. The normalized spacial score (nSPS) is 14.2. The lowest BCUT2D eigenvalue weighted by Gasteiger charge is -1.99. The third-order valence-corrected chi connectivity index (χ3v) is 3.31. The average Bonchev–Trinajstić information content (AvgIpc) is 2.91. The Morgan fingerprint density at radius 3 is 3.06 bits per heavy atom. The average molecular weight is 209 g/mol. The van der Waals surface area contributed by atoms with Gasteiger partial charge in [0.2, 0.25) is 0 Å². The highest BCUT2D eigenvalue weighted by molar-refractivity contribution is 6.10. The van der Waals surface area contributed by atoms with Gasteiger partial charge in [-0.1, -0.05) is 18.2 Å². The minimum absolute atomic E-state index is 1.00. The van der Waals surface area contributed by atoms with Gasteiger partial charge in [-0.15, -0.1) is 0 Å². The van der Waals surface area contributed by atoms with E-state index in [0.717, 1.165) is 24.3 Å². The Kier molecular flexibility index (Phi) is 1.41. The van der Waals surface area contributed by atoms with Crippen LogP contribution in [0.2, 0.25) is 0 Å². The van der Waals surface area contributed by atoms with E-state index in [2.05, 4.69) is 39.6 Å². The van der Waals surface area contributed by atoms with Crippen LogP contribution in [0.3, 0.4) is 0 Å². The number of hydrogen-bond donors (Lipinski definition) is 2. The zero-order valence-corrected chi connectivity index (χ0v) is 8.75. The zero-order chi connectivity index (χ0) is 10.5. The Balaban J connectivity index is 2.27. The number of hydrogen-bond acceptors (Lipinski definition) is 2. The summed E-state index contributed by atoms with van der Waals surface area (Å²) < 4.78 is 0. The molecule has 3 nitrogen and oxygen atoms in total. The molecular formula is C13H11N3. The fourth-order valence-electron chi connectivity index (χ4n) is 2.61. The number of aromatic nitrogens is 2. The molecule has 3 heteroatoms. The van der Waals surface area contributed by atoms with Crippen molar-refractivity contribution in [2.45, 2.75) is 6.42 Å². The van der Waals surface area contributed by atoms with Crippen molar-refractivity contribution in [3.8, 4) is 0 Å². The molecule has 0 amide bonds. The Bertz CT molecular complexity index is 697. The van der Waals surface area contributed by atoms with Gasteiger partial charge in [0.1, 0.15) is 5.82 Å². The number of para-hydroxylation sites is 1. The predicted octanol–water partition coefficient (Wildman–Crippen LogP) is 2.68. The van der Waals surface area contributed by atoms with Crippen molar-refractivity contribution in [3.63, 3.8) is 0 Å².